The summed E-state index contributed by atoms with van der Waals surface area (Å²) in [6.45, 7) is 4.38. The van der Waals surface area contributed by atoms with E-state index >= 15 is 0 Å². The van der Waals surface area contributed by atoms with Gasteiger partial charge in [0.1, 0.15) is 6.04 Å². The van der Waals surface area contributed by atoms with Gasteiger partial charge in [-0.1, -0.05) is 12.1 Å². The van der Waals surface area contributed by atoms with Crippen LogP contribution in [0.3, 0.4) is 0 Å². The lowest BCUT2D eigenvalue weighted by Gasteiger charge is -2.54. The molecule has 0 saturated heterocycles. The molecule has 0 aromatic heterocycles. The molecule has 42 heavy (non-hydrogen) atoms. The summed E-state index contributed by atoms with van der Waals surface area (Å²) in [6.07, 6.45) is -0.646. The van der Waals surface area contributed by atoms with Crippen molar-refractivity contribution in [1.29, 1.82) is 0 Å². The Morgan fingerprint density at radius 3 is 2.12 bits per heavy atom. The first-order valence-corrected chi connectivity index (χ1v) is 13.3. The quantitative estimate of drug-likeness (QED) is 0.216. The van der Waals surface area contributed by atoms with E-state index in [1.54, 1.807) is 18.2 Å². The minimum Gasteiger partial charge on any atom is -0.504 e. The Hall–Kier alpha value is -5.13. The second-order valence-electron chi connectivity index (χ2n) is 10.5. The lowest BCUT2D eigenvalue weighted by atomic mass is 9.68. The molecule has 12 nitrogen and oxygen atoms in total. The highest BCUT2D eigenvalue weighted by molar-refractivity contribution is 5.77. The van der Waals surface area contributed by atoms with Crippen LogP contribution in [0, 0.1) is 0 Å². The molecule has 1 aliphatic carbocycles. The number of hydrogen-bond donors (Lipinski definition) is 7. The molecule has 0 bridgehead atoms. The summed E-state index contributed by atoms with van der Waals surface area (Å²) in [6, 6.07) is 10.9. The number of carbonyl (C=O) groups is 3. The molecule has 3 aromatic rings. The fourth-order valence-corrected chi connectivity index (χ4v) is 5.73. The van der Waals surface area contributed by atoms with Gasteiger partial charge in [0.15, 0.2) is 40.6 Å². The van der Waals surface area contributed by atoms with Gasteiger partial charge in [-0.3, -0.25) is 14.4 Å². The summed E-state index contributed by atoms with van der Waals surface area (Å²) in [5.41, 5.74) is 0.169. The Morgan fingerprint density at radius 2 is 1.48 bits per heavy atom. The number of rotatable bonds is 6. The van der Waals surface area contributed by atoms with Gasteiger partial charge in [-0.2, -0.15) is 0 Å². The topological polar surface area (TPSA) is 187 Å². The first-order chi connectivity index (χ1) is 19.9. The maximum atomic E-state index is 12.8. The standard InChI is InChI=1S/C30H31N3O9/c1-14(34)31-9-8-17-4-7-25-26(10-17)42-30(33-16(3)36)28(32-15(2)35)27(18-5-6-21(37)22(38)11-18)19-12-23(39)24(40)13-20(19)29(30)41-25/h4-7,10-13,27-29,37-40H,8-9H2,1-3H3,(H,31,34)(H,32,35)(H,33,36). The second-order valence-corrected chi connectivity index (χ2v) is 10.5. The van der Waals surface area contributed by atoms with Crippen LogP contribution in [-0.2, 0) is 20.8 Å². The van der Waals surface area contributed by atoms with E-state index in [4.69, 9.17) is 9.47 Å². The van der Waals surface area contributed by atoms with Gasteiger partial charge in [0.25, 0.3) is 0 Å². The highest BCUT2D eigenvalue weighted by atomic mass is 16.6. The normalized spacial score (nSPS) is 21.8. The van der Waals surface area contributed by atoms with Crippen LogP contribution in [0.1, 0.15) is 55.0 Å². The molecule has 1 aliphatic heterocycles. The molecule has 3 amide bonds. The summed E-state index contributed by atoms with van der Waals surface area (Å²) in [4.78, 5) is 36.8. The number of benzene rings is 3. The number of phenols is 4. The van der Waals surface area contributed by atoms with Crippen molar-refractivity contribution in [2.75, 3.05) is 6.54 Å². The van der Waals surface area contributed by atoms with Gasteiger partial charge in [0.05, 0.1) is 0 Å². The fourth-order valence-electron chi connectivity index (χ4n) is 5.73. The number of phenolic OH excluding ortho intramolecular Hbond substituents is 4. The number of hydrogen-bond acceptors (Lipinski definition) is 9. The molecule has 5 rings (SSSR count). The van der Waals surface area contributed by atoms with Crippen LogP contribution in [0.2, 0.25) is 0 Å². The largest absolute Gasteiger partial charge is 0.504 e. The number of aromatic hydroxyl groups is 4. The fraction of sp³-hybridized carbons (Fsp3) is 0.300. The summed E-state index contributed by atoms with van der Waals surface area (Å²) in [5.74, 6) is -3.13. The molecule has 0 fully saturated rings. The first-order valence-electron chi connectivity index (χ1n) is 13.3. The Morgan fingerprint density at radius 1 is 0.786 bits per heavy atom. The lowest BCUT2D eigenvalue weighted by molar-refractivity contribution is -0.152. The van der Waals surface area contributed by atoms with E-state index in [0.29, 0.717) is 35.4 Å². The molecule has 1 heterocycles. The highest BCUT2D eigenvalue weighted by Gasteiger charge is 2.61. The lowest BCUT2D eigenvalue weighted by Crippen LogP contribution is -2.73. The average molecular weight is 578 g/mol. The van der Waals surface area contributed by atoms with E-state index in [0.717, 1.165) is 5.56 Å². The van der Waals surface area contributed by atoms with Gasteiger partial charge in [0.2, 0.25) is 23.4 Å². The zero-order chi connectivity index (χ0) is 30.3. The summed E-state index contributed by atoms with van der Waals surface area (Å²) >= 11 is 0. The van der Waals surface area contributed by atoms with Gasteiger partial charge < -0.3 is 45.9 Å². The van der Waals surface area contributed by atoms with E-state index in [9.17, 15) is 34.8 Å². The molecule has 2 aliphatic rings. The number of ether oxygens (including phenoxy) is 2. The molecular weight excluding hydrogens is 546 g/mol. The highest BCUT2D eigenvalue weighted by Crippen LogP contribution is 2.55. The van der Waals surface area contributed by atoms with E-state index < -0.39 is 52.9 Å². The maximum absolute atomic E-state index is 12.8. The van der Waals surface area contributed by atoms with Crippen LogP contribution in [0.25, 0.3) is 0 Å². The van der Waals surface area contributed by atoms with Gasteiger partial charge in [-0.05, 0) is 59.5 Å². The summed E-state index contributed by atoms with van der Waals surface area (Å²) in [7, 11) is 0. The predicted octanol–water partition coefficient (Wildman–Crippen LogP) is 2.18. The minimum atomic E-state index is -1.80. The van der Waals surface area contributed by atoms with E-state index in [1.165, 1.54) is 51.1 Å². The third kappa shape index (κ3) is 5.06. The van der Waals surface area contributed by atoms with Crippen LogP contribution < -0.4 is 25.4 Å². The van der Waals surface area contributed by atoms with Gasteiger partial charge in [-0.25, -0.2) is 0 Å². The van der Waals surface area contributed by atoms with E-state index in [2.05, 4.69) is 16.0 Å². The maximum Gasteiger partial charge on any atom is 0.245 e. The zero-order valence-electron chi connectivity index (χ0n) is 23.1. The number of carbonyl (C=O) groups excluding carboxylic acids is 3. The monoisotopic (exact) mass is 577 g/mol. The first kappa shape index (κ1) is 28.4. The number of fused-ring (bicyclic) bond motifs is 4. The molecule has 7 N–H and O–H groups in total. The third-order valence-corrected chi connectivity index (χ3v) is 7.39. The van der Waals surface area contributed by atoms with Gasteiger partial charge in [-0.15, -0.1) is 0 Å². The zero-order valence-corrected chi connectivity index (χ0v) is 23.1. The van der Waals surface area contributed by atoms with Crippen molar-refractivity contribution >= 4 is 17.7 Å². The number of nitrogens with one attached hydrogen (secondary N) is 3. The molecule has 12 heteroatoms. The van der Waals surface area contributed by atoms with Crippen molar-refractivity contribution in [2.45, 2.75) is 51.0 Å². The van der Waals surface area contributed by atoms with Crippen molar-refractivity contribution in [1.82, 2.24) is 16.0 Å². The smallest absolute Gasteiger partial charge is 0.245 e. The van der Waals surface area contributed by atoms with Crippen LogP contribution in [-0.4, -0.2) is 56.5 Å². The molecule has 220 valence electrons. The molecule has 0 saturated carbocycles. The molecular formula is C30H31N3O9. The molecule has 0 spiro atoms. The van der Waals surface area contributed by atoms with Crippen LogP contribution in [0.5, 0.6) is 34.5 Å². The van der Waals surface area contributed by atoms with Crippen molar-refractivity contribution in [3.05, 3.63) is 70.8 Å². The molecule has 4 unspecified atom stereocenters. The Labute approximate surface area is 240 Å². The van der Waals surface area contributed by atoms with Crippen molar-refractivity contribution in [3.8, 4) is 34.5 Å². The molecule has 0 radical (unpaired) electrons. The Kier molecular flexibility index (Phi) is 7.23. The van der Waals surface area contributed by atoms with Crippen LogP contribution >= 0.6 is 0 Å². The Bertz CT molecular complexity index is 1590. The van der Waals surface area contributed by atoms with Crippen molar-refractivity contribution < 1.29 is 44.3 Å². The van der Waals surface area contributed by atoms with Crippen LogP contribution in [0.15, 0.2) is 48.5 Å². The molecule has 4 atom stereocenters. The average Bonchev–Trinajstić information content (AvgIpc) is 2.90. The van der Waals surface area contributed by atoms with Gasteiger partial charge in [0, 0.05) is 38.8 Å². The SMILES string of the molecule is CC(=O)NCCc1ccc2c(c1)OC1(NC(C)=O)C(O2)c2cc(O)c(O)cc2C(c2ccc(O)c(O)c2)C1NC(C)=O. The third-order valence-electron chi connectivity index (χ3n) is 7.39. The van der Waals surface area contributed by atoms with Crippen LogP contribution in [0.4, 0.5) is 0 Å². The molecule has 3 aromatic carbocycles. The number of amides is 3. The van der Waals surface area contributed by atoms with Crippen molar-refractivity contribution in [2.24, 2.45) is 0 Å². The van der Waals surface area contributed by atoms with E-state index in [1.807, 2.05) is 0 Å². The van der Waals surface area contributed by atoms with Gasteiger partial charge >= 0.3 is 0 Å². The second kappa shape index (κ2) is 10.7. The summed E-state index contributed by atoms with van der Waals surface area (Å²) < 4.78 is 13.1. The summed E-state index contributed by atoms with van der Waals surface area (Å²) in [5, 5.41) is 49.9. The Balaban J connectivity index is 1.74. The minimum absolute atomic E-state index is 0.167. The predicted molar refractivity (Wildman–Crippen MR) is 148 cm³/mol. The van der Waals surface area contributed by atoms with Crippen molar-refractivity contribution in [3.63, 3.8) is 0 Å². The van der Waals surface area contributed by atoms with E-state index in [-0.39, 0.29) is 17.4 Å².